The van der Waals surface area contributed by atoms with E-state index in [9.17, 15) is 0 Å². The fourth-order valence-electron chi connectivity index (χ4n) is 3.54. The van der Waals surface area contributed by atoms with Gasteiger partial charge in [0.15, 0.2) is 0 Å². The molecule has 2 heterocycles. The van der Waals surface area contributed by atoms with Crippen LogP contribution in [-0.4, -0.2) is 29.0 Å². The maximum absolute atomic E-state index is 5.81. The van der Waals surface area contributed by atoms with Crippen LogP contribution in [0.1, 0.15) is 31.7 Å². The second kappa shape index (κ2) is 3.48. The molecular formula is C13H21N3O. The fraction of sp³-hybridized carbons (Fsp3) is 0.769. The summed E-state index contributed by atoms with van der Waals surface area (Å²) < 4.78 is 5.81. The molecule has 3 atom stereocenters. The molecule has 94 valence electrons. The van der Waals surface area contributed by atoms with Crippen molar-refractivity contribution in [2.24, 2.45) is 11.3 Å². The molecule has 1 aliphatic carbocycles. The van der Waals surface area contributed by atoms with Gasteiger partial charge in [-0.2, -0.15) is 5.10 Å². The van der Waals surface area contributed by atoms with Gasteiger partial charge in [0.25, 0.3) is 0 Å². The Bertz CT molecular complexity index is 418. The molecule has 3 unspecified atom stereocenters. The number of hydrogen-bond donors (Lipinski definition) is 2. The van der Waals surface area contributed by atoms with E-state index in [1.807, 2.05) is 6.92 Å². The van der Waals surface area contributed by atoms with E-state index in [0.29, 0.717) is 18.1 Å². The molecule has 1 aliphatic heterocycles. The van der Waals surface area contributed by atoms with Crippen LogP contribution < -0.4 is 5.32 Å². The molecule has 1 aromatic rings. The van der Waals surface area contributed by atoms with Crippen LogP contribution in [0.3, 0.4) is 0 Å². The minimum Gasteiger partial charge on any atom is -0.378 e. The topological polar surface area (TPSA) is 49.9 Å². The number of hydrogen-bond acceptors (Lipinski definition) is 3. The van der Waals surface area contributed by atoms with Crippen LogP contribution in [-0.2, 0) is 4.74 Å². The number of aryl methyl sites for hydroxylation is 2. The Kier molecular flexibility index (Phi) is 2.27. The summed E-state index contributed by atoms with van der Waals surface area (Å²) in [6.07, 6.45) is 1.62. The lowest BCUT2D eigenvalue weighted by Crippen LogP contribution is -2.63. The van der Waals surface area contributed by atoms with Crippen LogP contribution in [0.5, 0.6) is 0 Å². The molecule has 4 heteroatoms. The van der Waals surface area contributed by atoms with Crippen molar-refractivity contribution in [3.63, 3.8) is 0 Å². The van der Waals surface area contributed by atoms with E-state index in [1.165, 1.54) is 12.1 Å². The normalized spacial score (nSPS) is 34.2. The van der Waals surface area contributed by atoms with Crippen molar-refractivity contribution < 1.29 is 4.74 Å². The number of anilines is 1. The zero-order valence-electron chi connectivity index (χ0n) is 11.0. The molecule has 1 saturated carbocycles. The van der Waals surface area contributed by atoms with E-state index in [-0.39, 0.29) is 5.41 Å². The Morgan fingerprint density at radius 3 is 2.82 bits per heavy atom. The molecule has 0 bridgehead atoms. The van der Waals surface area contributed by atoms with Gasteiger partial charge in [-0.1, -0.05) is 13.8 Å². The first-order chi connectivity index (χ1) is 8.01. The monoisotopic (exact) mass is 235 g/mol. The average Bonchev–Trinajstić information content (AvgIpc) is 2.83. The number of nitrogens with one attached hydrogen (secondary N) is 2. The highest BCUT2D eigenvalue weighted by Crippen LogP contribution is 2.53. The first kappa shape index (κ1) is 11.1. The predicted octanol–water partition coefficient (Wildman–Crippen LogP) is 2.25. The Balaban J connectivity index is 1.82. The summed E-state index contributed by atoms with van der Waals surface area (Å²) >= 11 is 0. The Morgan fingerprint density at radius 1 is 1.41 bits per heavy atom. The zero-order chi connectivity index (χ0) is 12.2. The summed E-state index contributed by atoms with van der Waals surface area (Å²) in [7, 11) is 0. The Hall–Kier alpha value is -1.03. The highest BCUT2D eigenvalue weighted by Gasteiger charge is 2.59. The number of nitrogens with zero attached hydrogens (tertiary/aromatic N) is 1. The summed E-state index contributed by atoms with van der Waals surface area (Å²) in [5.74, 6) is 0.665. The van der Waals surface area contributed by atoms with Gasteiger partial charge in [0, 0.05) is 24.0 Å². The molecule has 2 fully saturated rings. The number of aromatic nitrogens is 2. The van der Waals surface area contributed by atoms with Crippen LogP contribution in [0.4, 0.5) is 5.69 Å². The van der Waals surface area contributed by atoms with Gasteiger partial charge in [-0.05, 0) is 20.3 Å². The van der Waals surface area contributed by atoms with Crippen LogP contribution in [0.15, 0.2) is 0 Å². The van der Waals surface area contributed by atoms with Crippen molar-refractivity contribution in [2.75, 3.05) is 11.9 Å². The van der Waals surface area contributed by atoms with Gasteiger partial charge < -0.3 is 10.1 Å². The van der Waals surface area contributed by atoms with E-state index in [1.54, 1.807) is 0 Å². The van der Waals surface area contributed by atoms with Crippen molar-refractivity contribution in [2.45, 2.75) is 46.3 Å². The third-order valence-electron chi connectivity index (χ3n) is 4.53. The first-order valence-corrected chi connectivity index (χ1v) is 6.41. The minimum absolute atomic E-state index is 0.220. The second-order valence-corrected chi connectivity index (χ2v) is 6.00. The third kappa shape index (κ3) is 1.43. The van der Waals surface area contributed by atoms with Crippen LogP contribution in [0, 0.1) is 25.2 Å². The Labute approximate surface area is 102 Å². The molecule has 0 aromatic carbocycles. The summed E-state index contributed by atoms with van der Waals surface area (Å²) in [4.78, 5) is 0. The molecule has 2 aliphatic rings. The summed E-state index contributed by atoms with van der Waals surface area (Å²) in [6.45, 7) is 9.61. The second-order valence-electron chi connectivity index (χ2n) is 6.00. The molecule has 4 nitrogen and oxygen atoms in total. The van der Waals surface area contributed by atoms with Gasteiger partial charge in [0.1, 0.15) is 0 Å². The van der Waals surface area contributed by atoms with Crippen LogP contribution >= 0.6 is 0 Å². The SMILES string of the molecule is Cc1n[nH]c(C)c1NC1C2CCOC2C1(C)C. The van der Waals surface area contributed by atoms with E-state index < -0.39 is 0 Å². The standard InChI is InChI=1S/C13H21N3O/c1-7-10(8(2)16-15-7)14-11-9-5-6-17-12(9)13(11,3)4/h9,11-12,14H,5-6H2,1-4H3,(H,15,16). The summed E-state index contributed by atoms with van der Waals surface area (Å²) in [5, 5.41) is 11.0. The van der Waals surface area contributed by atoms with Gasteiger partial charge in [-0.3, -0.25) is 5.10 Å². The number of H-pyrrole nitrogens is 1. The molecule has 3 rings (SSSR count). The van der Waals surface area contributed by atoms with Crippen LogP contribution in [0.2, 0.25) is 0 Å². The van der Waals surface area contributed by atoms with Gasteiger partial charge in [-0.15, -0.1) is 0 Å². The van der Waals surface area contributed by atoms with E-state index >= 15 is 0 Å². The lowest BCUT2D eigenvalue weighted by molar-refractivity contribution is -0.0923. The molecule has 0 radical (unpaired) electrons. The maximum Gasteiger partial charge on any atom is 0.0825 e. The van der Waals surface area contributed by atoms with Crippen molar-refractivity contribution in [1.82, 2.24) is 10.2 Å². The molecule has 2 N–H and O–H groups in total. The molecule has 0 spiro atoms. The molecular weight excluding hydrogens is 214 g/mol. The highest BCUT2D eigenvalue weighted by atomic mass is 16.5. The molecule has 0 amide bonds. The summed E-state index contributed by atoms with van der Waals surface area (Å²) in [6, 6.07) is 0.505. The average molecular weight is 235 g/mol. The van der Waals surface area contributed by atoms with Gasteiger partial charge in [-0.25, -0.2) is 0 Å². The maximum atomic E-state index is 5.81. The van der Waals surface area contributed by atoms with Gasteiger partial charge >= 0.3 is 0 Å². The minimum atomic E-state index is 0.220. The van der Waals surface area contributed by atoms with Crippen molar-refractivity contribution >= 4 is 5.69 Å². The zero-order valence-corrected chi connectivity index (χ0v) is 11.0. The smallest absolute Gasteiger partial charge is 0.0825 e. The first-order valence-electron chi connectivity index (χ1n) is 6.41. The summed E-state index contributed by atoms with van der Waals surface area (Å²) in [5.41, 5.74) is 3.58. The lowest BCUT2D eigenvalue weighted by Gasteiger charge is -2.55. The Morgan fingerprint density at radius 2 is 2.18 bits per heavy atom. The molecule has 1 aromatic heterocycles. The van der Waals surface area contributed by atoms with E-state index in [4.69, 9.17) is 4.74 Å². The van der Waals surface area contributed by atoms with Crippen molar-refractivity contribution in [1.29, 1.82) is 0 Å². The number of rotatable bonds is 2. The predicted molar refractivity (Wildman–Crippen MR) is 67.1 cm³/mol. The van der Waals surface area contributed by atoms with Gasteiger partial charge in [0.2, 0.25) is 0 Å². The lowest BCUT2D eigenvalue weighted by atomic mass is 9.57. The quantitative estimate of drug-likeness (QED) is 0.826. The molecule has 1 saturated heterocycles. The number of aromatic amines is 1. The number of ether oxygens (including phenoxy) is 1. The van der Waals surface area contributed by atoms with Gasteiger partial charge in [0.05, 0.1) is 23.2 Å². The van der Waals surface area contributed by atoms with Crippen molar-refractivity contribution in [3.8, 4) is 0 Å². The van der Waals surface area contributed by atoms with Crippen molar-refractivity contribution in [3.05, 3.63) is 11.4 Å². The highest BCUT2D eigenvalue weighted by molar-refractivity contribution is 5.53. The third-order valence-corrected chi connectivity index (χ3v) is 4.53. The van der Waals surface area contributed by atoms with Crippen LogP contribution in [0.25, 0.3) is 0 Å². The van der Waals surface area contributed by atoms with E-state index in [0.717, 1.165) is 18.0 Å². The van der Waals surface area contributed by atoms with E-state index in [2.05, 4.69) is 36.3 Å². The largest absolute Gasteiger partial charge is 0.378 e. The number of fused-ring (bicyclic) bond motifs is 1. The molecule has 17 heavy (non-hydrogen) atoms. The fourth-order valence-corrected chi connectivity index (χ4v) is 3.54.